The average molecular weight is 391 g/mol. The number of piperidine rings is 1. The molecule has 28 heavy (non-hydrogen) atoms. The second-order valence-corrected chi connectivity index (χ2v) is 7.79. The smallest absolute Gasteiger partial charge is 0.185 e. The monoisotopic (exact) mass is 390 g/mol. The molecule has 1 aliphatic rings. The van der Waals surface area contributed by atoms with Crippen LogP contribution in [-0.4, -0.2) is 35.1 Å². The minimum Gasteiger partial charge on any atom is -0.393 e. The van der Waals surface area contributed by atoms with Gasteiger partial charge in [0, 0.05) is 35.3 Å². The molecule has 1 N–H and O–H groups in total. The lowest BCUT2D eigenvalue weighted by Crippen LogP contribution is -2.35. The van der Waals surface area contributed by atoms with Crippen molar-refractivity contribution < 1.29 is 9.90 Å². The predicted molar refractivity (Wildman–Crippen MR) is 115 cm³/mol. The molecule has 2 aromatic carbocycles. The topological polar surface area (TPSA) is 53.4 Å². The molecule has 1 aromatic heterocycles. The Labute approximate surface area is 168 Å². The average Bonchev–Trinajstić information content (AvgIpc) is 3.22. The number of aliphatic hydroxyl groups is 1. The number of ketones is 1. The molecule has 0 aliphatic carbocycles. The zero-order chi connectivity index (χ0) is 19.3. The highest BCUT2D eigenvalue weighted by molar-refractivity contribution is 7.10. The molecule has 1 saturated heterocycles. The summed E-state index contributed by atoms with van der Waals surface area (Å²) < 4.78 is 0. The standard InChI is InChI=1S/C23H22N2O2S/c26-20-12-14-25(15-13-20)19-8-6-18(7-9-19)22(27)10-11-23-24-21(16-28-23)17-4-2-1-3-5-17/h1-11,16,20,26H,12-15H2. The number of allylic oxidation sites excluding steroid dienone is 1. The molecule has 4 rings (SSSR count). The number of aliphatic hydroxyl groups excluding tert-OH is 1. The molecular weight excluding hydrogens is 368 g/mol. The number of hydrogen-bond acceptors (Lipinski definition) is 5. The molecule has 0 saturated carbocycles. The second-order valence-electron chi connectivity index (χ2n) is 6.90. The van der Waals surface area contributed by atoms with Crippen LogP contribution in [0.4, 0.5) is 5.69 Å². The van der Waals surface area contributed by atoms with Crippen molar-refractivity contribution in [3.63, 3.8) is 0 Å². The van der Waals surface area contributed by atoms with Gasteiger partial charge < -0.3 is 10.0 Å². The maximum atomic E-state index is 12.5. The lowest BCUT2D eigenvalue weighted by atomic mass is 10.1. The van der Waals surface area contributed by atoms with E-state index in [1.165, 1.54) is 11.3 Å². The molecule has 4 nitrogen and oxygen atoms in total. The highest BCUT2D eigenvalue weighted by Gasteiger charge is 2.17. The minimum absolute atomic E-state index is 0.0305. The minimum atomic E-state index is -0.185. The van der Waals surface area contributed by atoms with Gasteiger partial charge in [-0.1, -0.05) is 30.3 Å². The van der Waals surface area contributed by atoms with E-state index in [4.69, 9.17) is 0 Å². The second kappa shape index (κ2) is 8.50. The van der Waals surface area contributed by atoms with Crippen LogP contribution in [0.3, 0.4) is 0 Å². The Morgan fingerprint density at radius 3 is 2.50 bits per heavy atom. The fourth-order valence-corrected chi connectivity index (χ4v) is 4.03. The van der Waals surface area contributed by atoms with Crippen LogP contribution in [-0.2, 0) is 0 Å². The summed E-state index contributed by atoms with van der Waals surface area (Å²) in [4.78, 5) is 19.3. The molecule has 142 valence electrons. The van der Waals surface area contributed by atoms with E-state index in [1.807, 2.05) is 60.0 Å². The number of carbonyl (C=O) groups is 1. The molecule has 3 aromatic rings. The zero-order valence-electron chi connectivity index (χ0n) is 15.5. The van der Waals surface area contributed by atoms with E-state index in [-0.39, 0.29) is 11.9 Å². The van der Waals surface area contributed by atoms with E-state index in [0.29, 0.717) is 5.56 Å². The van der Waals surface area contributed by atoms with Crippen molar-refractivity contribution in [2.75, 3.05) is 18.0 Å². The van der Waals surface area contributed by atoms with Crippen LogP contribution in [0.15, 0.2) is 66.1 Å². The molecule has 0 amide bonds. The SMILES string of the molecule is O=C(C=Cc1nc(-c2ccccc2)cs1)c1ccc(N2CCC(O)CC2)cc1. The highest BCUT2D eigenvalue weighted by atomic mass is 32.1. The van der Waals surface area contributed by atoms with Crippen molar-refractivity contribution in [3.8, 4) is 11.3 Å². The van der Waals surface area contributed by atoms with Gasteiger partial charge in [0.05, 0.1) is 11.8 Å². The van der Waals surface area contributed by atoms with Crippen LogP contribution < -0.4 is 4.90 Å². The Balaban J connectivity index is 1.40. The number of aromatic nitrogens is 1. The Morgan fingerprint density at radius 1 is 1.07 bits per heavy atom. The maximum Gasteiger partial charge on any atom is 0.185 e. The van der Waals surface area contributed by atoms with Gasteiger partial charge in [-0.15, -0.1) is 11.3 Å². The summed E-state index contributed by atoms with van der Waals surface area (Å²) in [7, 11) is 0. The van der Waals surface area contributed by atoms with E-state index in [0.717, 1.165) is 47.9 Å². The first-order chi connectivity index (χ1) is 13.7. The van der Waals surface area contributed by atoms with Gasteiger partial charge in [-0.2, -0.15) is 0 Å². The summed E-state index contributed by atoms with van der Waals surface area (Å²) in [5.41, 5.74) is 3.76. The molecule has 0 bridgehead atoms. The van der Waals surface area contributed by atoms with Crippen molar-refractivity contribution in [2.45, 2.75) is 18.9 Å². The fraction of sp³-hybridized carbons (Fsp3) is 0.217. The van der Waals surface area contributed by atoms with Crippen LogP contribution in [0.2, 0.25) is 0 Å². The van der Waals surface area contributed by atoms with E-state index in [2.05, 4.69) is 9.88 Å². The Morgan fingerprint density at radius 2 is 1.79 bits per heavy atom. The molecule has 5 heteroatoms. The van der Waals surface area contributed by atoms with Gasteiger partial charge in [0.1, 0.15) is 5.01 Å². The van der Waals surface area contributed by atoms with Gasteiger partial charge in [0.2, 0.25) is 0 Å². The molecule has 0 unspecified atom stereocenters. The normalized spacial score (nSPS) is 15.2. The summed E-state index contributed by atoms with van der Waals surface area (Å²) in [6.45, 7) is 1.70. The van der Waals surface area contributed by atoms with Gasteiger partial charge in [-0.3, -0.25) is 4.79 Å². The summed E-state index contributed by atoms with van der Waals surface area (Å²) in [5.74, 6) is -0.0305. The Hall–Kier alpha value is -2.76. The van der Waals surface area contributed by atoms with Crippen molar-refractivity contribution in [1.29, 1.82) is 0 Å². The lowest BCUT2D eigenvalue weighted by Gasteiger charge is -2.31. The largest absolute Gasteiger partial charge is 0.393 e. The van der Waals surface area contributed by atoms with Crippen LogP contribution in [0, 0.1) is 0 Å². The first kappa shape index (κ1) is 18.6. The van der Waals surface area contributed by atoms with Crippen LogP contribution >= 0.6 is 11.3 Å². The molecule has 0 spiro atoms. The molecule has 2 heterocycles. The van der Waals surface area contributed by atoms with Gasteiger partial charge in [0.15, 0.2) is 5.78 Å². The number of rotatable bonds is 5. The summed E-state index contributed by atoms with van der Waals surface area (Å²) in [5, 5.41) is 12.4. The first-order valence-corrected chi connectivity index (χ1v) is 10.3. The summed E-state index contributed by atoms with van der Waals surface area (Å²) in [6.07, 6.45) is 4.76. The van der Waals surface area contributed by atoms with Gasteiger partial charge in [-0.05, 0) is 49.3 Å². The third kappa shape index (κ3) is 4.38. The Bertz CT molecular complexity index is 956. The summed E-state index contributed by atoms with van der Waals surface area (Å²) in [6, 6.07) is 17.7. The van der Waals surface area contributed by atoms with E-state index in [9.17, 15) is 9.90 Å². The molecular formula is C23H22N2O2S. The quantitative estimate of drug-likeness (QED) is 0.508. The first-order valence-electron chi connectivity index (χ1n) is 9.45. The van der Waals surface area contributed by atoms with Gasteiger partial charge >= 0.3 is 0 Å². The van der Waals surface area contributed by atoms with Crippen LogP contribution in [0.5, 0.6) is 0 Å². The highest BCUT2D eigenvalue weighted by Crippen LogP contribution is 2.23. The number of benzene rings is 2. The number of thiazole rings is 1. The third-order valence-corrected chi connectivity index (χ3v) is 5.76. The van der Waals surface area contributed by atoms with Crippen molar-refractivity contribution in [2.24, 2.45) is 0 Å². The van der Waals surface area contributed by atoms with Gasteiger partial charge in [0.25, 0.3) is 0 Å². The Kier molecular flexibility index (Phi) is 5.65. The third-order valence-electron chi connectivity index (χ3n) is 4.95. The number of carbonyl (C=O) groups excluding carboxylic acids is 1. The molecule has 1 fully saturated rings. The number of hydrogen-bond donors (Lipinski definition) is 1. The molecule has 0 radical (unpaired) electrons. The zero-order valence-corrected chi connectivity index (χ0v) is 16.3. The van der Waals surface area contributed by atoms with E-state index < -0.39 is 0 Å². The fourth-order valence-electron chi connectivity index (χ4n) is 3.31. The van der Waals surface area contributed by atoms with Gasteiger partial charge in [-0.25, -0.2) is 4.98 Å². The van der Waals surface area contributed by atoms with Crippen LogP contribution in [0.1, 0.15) is 28.2 Å². The maximum absolute atomic E-state index is 12.5. The summed E-state index contributed by atoms with van der Waals surface area (Å²) >= 11 is 1.53. The van der Waals surface area contributed by atoms with Crippen molar-refractivity contribution in [3.05, 3.63) is 76.6 Å². The van der Waals surface area contributed by atoms with E-state index >= 15 is 0 Å². The number of nitrogens with zero attached hydrogens (tertiary/aromatic N) is 2. The van der Waals surface area contributed by atoms with Crippen molar-refractivity contribution >= 4 is 28.9 Å². The van der Waals surface area contributed by atoms with Crippen molar-refractivity contribution in [1.82, 2.24) is 4.98 Å². The number of anilines is 1. The molecule has 0 atom stereocenters. The van der Waals surface area contributed by atoms with Crippen LogP contribution in [0.25, 0.3) is 17.3 Å². The van der Waals surface area contributed by atoms with E-state index in [1.54, 1.807) is 12.2 Å². The lowest BCUT2D eigenvalue weighted by molar-refractivity contribution is 0.104. The predicted octanol–water partition coefficient (Wildman–Crippen LogP) is 4.67. The molecule has 1 aliphatic heterocycles.